The predicted molar refractivity (Wildman–Crippen MR) is 63.0 cm³/mol. The second kappa shape index (κ2) is 7.83. The molecule has 0 bridgehead atoms. The minimum absolute atomic E-state index is 0.145. The molecule has 0 saturated carbocycles. The smallest absolute Gasteiger partial charge is 0.151 e. The zero-order valence-electron chi connectivity index (χ0n) is 10.7. The van der Waals surface area contributed by atoms with Crippen LogP contribution in [-0.4, -0.2) is 31.1 Å². The highest BCUT2D eigenvalue weighted by Crippen LogP contribution is 1.98. The first-order valence-electron chi connectivity index (χ1n) is 5.83. The van der Waals surface area contributed by atoms with Gasteiger partial charge in [-0.1, -0.05) is 34.6 Å². The molecule has 15 heavy (non-hydrogen) atoms. The van der Waals surface area contributed by atoms with Gasteiger partial charge < -0.3 is 10.1 Å². The third kappa shape index (κ3) is 7.51. The fourth-order valence-electron chi connectivity index (χ4n) is 1.30. The number of ketones is 1. The molecule has 0 aliphatic rings. The van der Waals surface area contributed by atoms with Crippen molar-refractivity contribution in [2.45, 2.75) is 53.1 Å². The maximum absolute atomic E-state index is 11.6. The van der Waals surface area contributed by atoms with Gasteiger partial charge in [0.25, 0.3) is 0 Å². The molecule has 0 radical (unpaired) electrons. The molecule has 0 aromatic carbocycles. The van der Waals surface area contributed by atoms with Crippen LogP contribution in [0.2, 0.25) is 0 Å². The van der Waals surface area contributed by atoms with E-state index in [0.29, 0.717) is 31.6 Å². The molecular formula is C12H25NO2. The minimum atomic E-state index is -0.145. The van der Waals surface area contributed by atoms with Gasteiger partial charge in [0.1, 0.15) is 0 Å². The summed E-state index contributed by atoms with van der Waals surface area (Å²) in [5.74, 6) is 0.744. The summed E-state index contributed by atoms with van der Waals surface area (Å²) in [6.07, 6.45) is 0.565. The van der Waals surface area contributed by atoms with Crippen LogP contribution in [0.1, 0.15) is 41.0 Å². The number of hydrogen-bond donors (Lipinski definition) is 1. The number of hydrogen-bond acceptors (Lipinski definition) is 3. The molecular weight excluding hydrogens is 190 g/mol. The van der Waals surface area contributed by atoms with Crippen LogP contribution in [0.3, 0.4) is 0 Å². The van der Waals surface area contributed by atoms with Crippen molar-refractivity contribution in [3.8, 4) is 0 Å². The third-order valence-electron chi connectivity index (χ3n) is 2.01. The zero-order valence-corrected chi connectivity index (χ0v) is 10.7. The molecule has 90 valence electrons. The average Bonchev–Trinajstić information content (AvgIpc) is 2.14. The van der Waals surface area contributed by atoms with Gasteiger partial charge in [0.05, 0.1) is 12.6 Å². The van der Waals surface area contributed by atoms with Crippen LogP contribution in [-0.2, 0) is 9.53 Å². The molecule has 0 saturated heterocycles. The van der Waals surface area contributed by atoms with Gasteiger partial charge in [-0.2, -0.15) is 0 Å². The summed E-state index contributed by atoms with van der Waals surface area (Å²) < 4.78 is 5.50. The highest BCUT2D eigenvalue weighted by molar-refractivity contribution is 5.83. The zero-order chi connectivity index (χ0) is 11.8. The van der Waals surface area contributed by atoms with Gasteiger partial charge in [0.15, 0.2) is 5.78 Å². The standard InChI is InChI=1S/C12H25NO2/c1-6-12(14)11(13-10(4)5)8-15-7-9(2)3/h9-11,13H,6-8H2,1-5H3. The summed E-state index contributed by atoms with van der Waals surface area (Å²) >= 11 is 0. The lowest BCUT2D eigenvalue weighted by Gasteiger charge is -2.20. The normalized spacial score (nSPS) is 13.5. The lowest BCUT2D eigenvalue weighted by Crippen LogP contribution is -2.44. The molecule has 3 nitrogen and oxygen atoms in total. The maximum Gasteiger partial charge on any atom is 0.151 e. The maximum atomic E-state index is 11.6. The van der Waals surface area contributed by atoms with Crippen molar-refractivity contribution in [1.82, 2.24) is 5.32 Å². The van der Waals surface area contributed by atoms with E-state index in [1.807, 2.05) is 20.8 Å². The molecule has 0 aromatic rings. The molecule has 0 aliphatic heterocycles. The van der Waals surface area contributed by atoms with Crippen LogP contribution < -0.4 is 5.32 Å². The van der Waals surface area contributed by atoms with E-state index >= 15 is 0 Å². The first-order chi connectivity index (χ1) is 6.97. The summed E-state index contributed by atoms with van der Waals surface area (Å²) in [7, 11) is 0. The number of rotatable bonds is 8. The summed E-state index contributed by atoms with van der Waals surface area (Å²) in [5.41, 5.74) is 0. The summed E-state index contributed by atoms with van der Waals surface area (Å²) in [4.78, 5) is 11.6. The predicted octanol–water partition coefficient (Wildman–Crippen LogP) is 2.00. The fraction of sp³-hybridized carbons (Fsp3) is 0.917. The Morgan fingerprint density at radius 1 is 1.20 bits per heavy atom. The number of nitrogens with one attached hydrogen (secondary N) is 1. The Hall–Kier alpha value is -0.410. The third-order valence-corrected chi connectivity index (χ3v) is 2.01. The van der Waals surface area contributed by atoms with E-state index in [1.54, 1.807) is 0 Å². The Kier molecular flexibility index (Phi) is 7.61. The number of carbonyl (C=O) groups excluding carboxylic acids is 1. The molecule has 0 spiro atoms. The number of Topliss-reactive ketones (excluding diaryl/α,β-unsaturated/α-hetero) is 1. The van der Waals surface area contributed by atoms with E-state index in [4.69, 9.17) is 4.74 Å². The van der Waals surface area contributed by atoms with Crippen LogP contribution >= 0.6 is 0 Å². The van der Waals surface area contributed by atoms with Crippen molar-refractivity contribution < 1.29 is 9.53 Å². The van der Waals surface area contributed by atoms with Gasteiger partial charge in [0.2, 0.25) is 0 Å². The Labute approximate surface area is 93.6 Å². The first-order valence-corrected chi connectivity index (χ1v) is 5.83. The highest BCUT2D eigenvalue weighted by atomic mass is 16.5. The second-order valence-corrected chi connectivity index (χ2v) is 4.63. The van der Waals surface area contributed by atoms with Gasteiger partial charge >= 0.3 is 0 Å². The molecule has 0 aliphatic carbocycles. The van der Waals surface area contributed by atoms with Crippen molar-refractivity contribution >= 4 is 5.78 Å². The molecule has 1 atom stereocenters. The van der Waals surface area contributed by atoms with E-state index < -0.39 is 0 Å². The van der Waals surface area contributed by atoms with Gasteiger partial charge in [-0.25, -0.2) is 0 Å². The second-order valence-electron chi connectivity index (χ2n) is 4.63. The van der Waals surface area contributed by atoms with Crippen LogP contribution in [0.4, 0.5) is 0 Å². The van der Waals surface area contributed by atoms with E-state index in [2.05, 4.69) is 19.2 Å². The molecule has 3 heteroatoms. The average molecular weight is 215 g/mol. The Morgan fingerprint density at radius 3 is 2.20 bits per heavy atom. The molecule has 1 unspecified atom stereocenters. The van der Waals surface area contributed by atoms with Crippen molar-refractivity contribution in [3.63, 3.8) is 0 Å². The molecule has 0 aromatic heterocycles. The number of ether oxygens (including phenoxy) is 1. The van der Waals surface area contributed by atoms with Crippen LogP contribution in [0.25, 0.3) is 0 Å². The lowest BCUT2D eigenvalue weighted by molar-refractivity contribution is -0.122. The van der Waals surface area contributed by atoms with Gasteiger partial charge in [-0.15, -0.1) is 0 Å². The van der Waals surface area contributed by atoms with Crippen molar-refractivity contribution in [2.75, 3.05) is 13.2 Å². The lowest BCUT2D eigenvalue weighted by atomic mass is 10.1. The SMILES string of the molecule is CCC(=O)C(COCC(C)C)NC(C)C. The van der Waals surface area contributed by atoms with Crippen molar-refractivity contribution in [2.24, 2.45) is 5.92 Å². The van der Waals surface area contributed by atoms with Crippen molar-refractivity contribution in [1.29, 1.82) is 0 Å². The summed E-state index contributed by atoms with van der Waals surface area (Å²) in [6, 6.07) is 0.168. The fourth-order valence-corrected chi connectivity index (χ4v) is 1.30. The molecule has 0 heterocycles. The Balaban J connectivity index is 3.96. The number of carbonyl (C=O) groups is 1. The van der Waals surface area contributed by atoms with Gasteiger partial charge in [-0.05, 0) is 5.92 Å². The minimum Gasteiger partial charge on any atom is -0.379 e. The van der Waals surface area contributed by atoms with Gasteiger partial charge in [0, 0.05) is 19.1 Å². The highest BCUT2D eigenvalue weighted by Gasteiger charge is 2.17. The van der Waals surface area contributed by atoms with Crippen LogP contribution in [0, 0.1) is 5.92 Å². The van der Waals surface area contributed by atoms with E-state index in [-0.39, 0.29) is 11.8 Å². The molecule has 1 N–H and O–H groups in total. The quantitative estimate of drug-likeness (QED) is 0.673. The summed E-state index contributed by atoms with van der Waals surface area (Å²) in [5, 5.41) is 3.23. The van der Waals surface area contributed by atoms with E-state index in [9.17, 15) is 4.79 Å². The van der Waals surface area contributed by atoms with E-state index in [1.165, 1.54) is 0 Å². The van der Waals surface area contributed by atoms with E-state index in [0.717, 1.165) is 0 Å². The first kappa shape index (κ1) is 14.6. The van der Waals surface area contributed by atoms with Crippen molar-refractivity contribution in [3.05, 3.63) is 0 Å². The van der Waals surface area contributed by atoms with Gasteiger partial charge in [-0.3, -0.25) is 4.79 Å². The molecule has 0 amide bonds. The summed E-state index contributed by atoms with van der Waals surface area (Å²) in [6.45, 7) is 11.4. The molecule has 0 fully saturated rings. The van der Waals surface area contributed by atoms with Crippen LogP contribution in [0.5, 0.6) is 0 Å². The Bertz CT molecular complexity index is 178. The largest absolute Gasteiger partial charge is 0.379 e. The van der Waals surface area contributed by atoms with Crippen LogP contribution in [0.15, 0.2) is 0 Å². The topological polar surface area (TPSA) is 38.3 Å². The Morgan fingerprint density at radius 2 is 1.80 bits per heavy atom. The monoisotopic (exact) mass is 215 g/mol. The molecule has 0 rings (SSSR count).